The fourth-order valence-corrected chi connectivity index (χ4v) is 3.23. The molecule has 0 aliphatic carbocycles. The third-order valence-corrected chi connectivity index (χ3v) is 4.76. The van der Waals surface area contributed by atoms with Gasteiger partial charge in [0.05, 0.1) is 25.8 Å². The number of nitrogen functional groups attached to an aromatic ring is 1. The monoisotopic (exact) mass is 403 g/mol. The minimum absolute atomic E-state index is 0.444. The molecule has 4 N–H and O–H groups in total. The van der Waals surface area contributed by atoms with E-state index in [1.165, 1.54) is 6.21 Å². The standard InChI is InChI=1S/C21H21N7O2/c1-28-21-15(11-24-28)20(25-12-7-8-17(29-2)18(9-12)30-3)26-19(27-21)13-5-4-6-16(23)14(13)10-22/h4-11,22H,23H2,1-3H3,(H,25,26,27). The van der Waals surface area contributed by atoms with Crippen LogP contribution in [0.25, 0.3) is 22.4 Å². The van der Waals surface area contributed by atoms with Gasteiger partial charge < -0.3 is 25.9 Å². The Kier molecular flexibility index (Phi) is 4.93. The summed E-state index contributed by atoms with van der Waals surface area (Å²) < 4.78 is 12.4. The van der Waals surface area contributed by atoms with E-state index < -0.39 is 0 Å². The van der Waals surface area contributed by atoms with Crippen molar-refractivity contribution in [1.82, 2.24) is 19.7 Å². The van der Waals surface area contributed by atoms with Gasteiger partial charge in [-0.25, -0.2) is 9.97 Å². The number of aromatic nitrogens is 4. The third kappa shape index (κ3) is 3.26. The Morgan fingerprint density at radius 2 is 1.90 bits per heavy atom. The zero-order valence-corrected chi connectivity index (χ0v) is 16.8. The van der Waals surface area contributed by atoms with Crippen LogP contribution in [0.1, 0.15) is 5.56 Å². The van der Waals surface area contributed by atoms with Crippen LogP contribution in [-0.4, -0.2) is 40.2 Å². The highest BCUT2D eigenvalue weighted by atomic mass is 16.5. The molecule has 4 aromatic rings. The maximum absolute atomic E-state index is 7.75. The number of ether oxygens (including phenoxy) is 2. The summed E-state index contributed by atoms with van der Waals surface area (Å²) >= 11 is 0. The van der Waals surface area contributed by atoms with Crippen molar-refractivity contribution in [2.24, 2.45) is 7.05 Å². The number of nitrogens with one attached hydrogen (secondary N) is 2. The van der Waals surface area contributed by atoms with Gasteiger partial charge in [0.1, 0.15) is 5.82 Å². The number of fused-ring (bicyclic) bond motifs is 1. The first kappa shape index (κ1) is 19.2. The first-order chi connectivity index (χ1) is 14.5. The molecule has 2 aromatic heterocycles. The molecule has 0 saturated heterocycles. The van der Waals surface area contributed by atoms with E-state index in [1.54, 1.807) is 31.2 Å². The van der Waals surface area contributed by atoms with Crippen molar-refractivity contribution >= 4 is 34.4 Å². The predicted octanol–water partition coefficient (Wildman–Crippen LogP) is 3.37. The Bertz CT molecular complexity index is 1250. The van der Waals surface area contributed by atoms with E-state index in [2.05, 4.69) is 15.4 Å². The maximum Gasteiger partial charge on any atom is 0.164 e. The molecule has 0 fully saturated rings. The van der Waals surface area contributed by atoms with E-state index in [-0.39, 0.29) is 0 Å². The summed E-state index contributed by atoms with van der Waals surface area (Å²) in [5, 5.41) is 16.1. The molecule has 0 amide bonds. The zero-order valence-electron chi connectivity index (χ0n) is 16.8. The number of methoxy groups -OCH3 is 2. The lowest BCUT2D eigenvalue weighted by Crippen LogP contribution is -2.03. The SMILES string of the molecule is COc1ccc(Nc2nc(-c3cccc(N)c3C=N)nc3c2cnn3C)cc1OC. The molecule has 0 spiro atoms. The number of benzene rings is 2. The number of anilines is 3. The number of nitrogens with two attached hydrogens (primary N) is 1. The van der Waals surface area contributed by atoms with Gasteiger partial charge in [-0.2, -0.15) is 5.10 Å². The molecular formula is C21H21N7O2. The summed E-state index contributed by atoms with van der Waals surface area (Å²) in [6.07, 6.45) is 2.92. The lowest BCUT2D eigenvalue weighted by molar-refractivity contribution is 0.355. The van der Waals surface area contributed by atoms with Crippen molar-refractivity contribution in [3.63, 3.8) is 0 Å². The highest BCUT2D eigenvalue weighted by molar-refractivity contribution is 5.96. The molecule has 0 aliphatic rings. The molecule has 0 atom stereocenters. The summed E-state index contributed by atoms with van der Waals surface area (Å²) in [5.41, 5.74) is 9.19. The molecule has 9 nitrogen and oxygen atoms in total. The van der Waals surface area contributed by atoms with Crippen LogP contribution in [0.15, 0.2) is 42.6 Å². The van der Waals surface area contributed by atoms with Crippen LogP contribution in [0, 0.1) is 5.41 Å². The van der Waals surface area contributed by atoms with E-state index in [0.717, 1.165) is 11.1 Å². The number of hydrogen-bond donors (Lipinski definition) is 3. The van der Waals surface area contributed by atoms with Crippen LogP contribution in [0.2, 0.25) is 0 Å². The van der Waals surface area contributed by atoms with E-state index in [9.17, 15) is 0 Å². The van der Waals surface area contributed by atoms with Gasteiger partial charge in [-0.05, 0) is 18.2 Å². The van der Waals surface area contributed by atoms with E-state index in [0.29, 0.717) is 45.6 Å². The van der Waals surface area contributed by atoms with Crippen LogP contribution in [-0.2, 0) is 7.05 Å². The van der Waals surface area contributed by atoms with Crippen molar-refractivity contribution in [3.8, 4) is 22.9 Å². The normalized spacial score (nSPS) is 10.8. The minimum Gasteiger partial charge on any atom is -0.493 e. The molecule has 0 radical (unpaired) electrons. The Hall–Kier alpha value is -4.14. The van der Waals surface area contributed by atoms with Gasteiger partial charge in [0.15, 0.2) is 23.0 Å². The lowest BCUT2D eigenvalue weighted by Gasteiger charge is -2.13. The van der Waals surface area contributed by atoms with Gasteiger partial charge in [-0.1, -0.05) is 12.1 Å². The zero-order chi connectivity index (χ0) is 21.3. The second-order valence-electron chi connectivity index (χ2n) is 6.55. The summed E-state index contributed by atoms with van der Waals surface area (Å²) in [6, 6.07) is 10.9. The molecule has 4 rings (SSSR count). The van der Waals surface area contributed by atoms with Crippen molar-refractivity contribution < 1.29 is 9.47 Å². The van der Waals surface area contributed by atoms with Crippen molar-refractivity contribution in [2.75, 3.05) is 25.3 Å². The van der Waals surface area contributed by atoms with Crippen LogP contribution in [0.5, 0.6) is 11.5 Å². The highest BCUT2D eigenvalue weighted by Crippen LogP contribution is 2.33. The van der Waals surface area contributed by atoms with Crippen molar-refractivity contribution in [3.05, 3.63) is 48.2 Å². The molecule has 0 aliphatic heterocycles. The van der Waals surface area contributed by atoms with Gasteiger partial charge in [-0.15, -0.1) is 0 Å². The Morgan fingerprint density at radius 1 is 1.10 bits per heavy atom. The van der Waals surface area contributed by atoms with Crippen molar-refractivity contribution in [2.45, 2.75) is 0 Å². The molecule has 0 bridgehead atoms. The van der Waals surface area contributed by atoms with Gasteiger partial charge in [0.25, 0.3) is 0 Å². The third-order valence-electron chi connectivity index (χ3n) is 4.76. The molecule has 152 valence electrons. The van der Waals surface area contributed by atoms with E-state index in [4.69, 9.17) is 25.6 Å². The summed E-state index contributed by atoms with van der Waals surface area (Å²) in [6.45, 7) is 0. The number of rotatable bonds is 6. The molecule has 30 heavy (non-hydrogen) atoms. The average Bonchev–Trinajstić information content (AvgIpc) is 3.14. The lowest BCUT2D eigenvalue weighted by atomic mass is 10.1. The Morgan fingerprint density at radius 3 is 2.63 bits per heavy atom. The predicted molar refractivity (Wildman–Crippen MR) is 117 cm³/mol. The summed E-state index contributed by atoms with van der Waals surface area (Å²) in [4.78, 5) is 9.38. The number of nitrogens with zero attached hydrogens (tertiary/aromatic N) is 4. The highest BCUT2D eigenvalue weighted by Gasteiger charge is 2.16. The van der Waals surface area contributed by atoms with Crippen LogP contribution >= 0.6 is 0 Å². The van der Waals surface area contributed by atoms with Gasteiger partial charge in [-0.3, -0.25) is 4.68 Å². The average molecular weight is 403 g/mol. The van der Waals surface area contributed by atoms with Gasteiger partial charge >= 0.3 is 0 Å². The van der Waals surface area contributed by atoms with E-state index >= 15 is 0 Å². The smallest absolute Gasteiger partial charge is 0.164 e. The molecule has 0 unspecified atom stereocenters. The van der Waals surface area contributed by atoms with Crippen LogP contribution in [0.4, 0.5) is 17.2 Å². The number of aryl methyl sites for hydroxylation is 1. The molecule has 0 saturated carbocycles. The van der Waals surface area contributed by atoms with Gasteiger partial charge in [0, 0.05) is 41.8 Å². The molecule has 2 heterocycles. The number of hydrogen-bond acceptors (Lipinski definition) is 8. The molecule has 9 heteroatoms. The second kappa shape index (κ2) is 7.70. The topological polar surface area (TPSA) is 124 Å². The van der Waals surface area contributed by atoms with Crippen LogP contribution in [0.3, 0.4) is 0 Å². The Labute approximate surface area is 173 Å². The molecular weight excluding hydrogens is 382 g/mol. The van der Waals surface area contributed by atoms with E-state index in [1.807, 2.05) is 37.4 Å². The largest absolute Gasteiger partial charge is 0.493 e. The minimum atomic E-state index is 0.444. The van der Waals surface area contributed by atoms with Crippen molar-refractivity contribution in [1.29, 1.82) is 5.41 Å². The Balaban J connectivity index is 1.87. The van der Waals surface area contributed by atoms with Crippen LogP contribution < -0.4 is 20.5 Å². The first-order valence-corrected chi connectivity index (χ1v) is 9.13. The first-order valence-electron chi connectivity index (χ1n) is 9.13. The quantitative estimate of drug-likeness (QED) is 0.333. The fourth-order valence-electron chi connectivity index (χ4n) is 3.23. The summed E-state index contributed by atoms with van der Waals surface area (Å²) in [7, 11) is 4.99. The maximum atomic E-state index is 7.75. The fraction of sp³-hybridized carbons (Fsp3) is 0.143. The summed E-state index contributed by atoms with van der Waals surface area (Å²) in [5.74, 6) is 2.25. The second-order valence-corrected chi connectivity index (χ2v) is 6.55. The molecule has 2 aromatic carbocycles. The van der Waals surface area contributed by atoms with Gasteiger partial charge in [0.2, 0.25) is 0 Å².